The van der Waals surface area contributed by atoms with Gasteiger partial charge >= 0.3 is 5.97 Å². The van der Waals surface area contributed by atoms with Gasteiger partial charge in [0.1, 0.15) is 11.9 Å². The topological polar surface area (TPSA) is 101 Å². The Morgan fingerprint density at radius 3 is 2.42 bits per heavy atom. The summed E-state index contributed by atoms with van der Waals surface area (Å²) in [6.07, 6.45) is 0. The molecule has 0 aliphatic heterocycles. The molecular weight excluding hydrogens is 438 g/mol. The zero-order valence-corrected chi connectivity index (χ0v) is 19.6. The fourth-order valence-electron chi connectivity index (χ4n) is 3.46. The van der Waals surface area contributed by atoms with E-state index in [1.807, 2.05) is 48.7 Å². The summed E-state index contributed by atoms with van der Waals surface area (Å²) in [5.74, 6) is -0.570. The van der Waals surface area contributed by atoms with Crippen LogP contribution >= 0.6 is 0 Å². The van der Waals surface area contributed by atoms with Crippen molar-refractivity contribution in [2.24, 2.45) is 0 Å². The summed E-state index contributed by atoms with van der Waals surface area (Å²) < 4.78 is 19.3. The lowest BCUT2D eigenvalue weighted by Crippen LogP contribution is -2.23. The number of hydrogen-bond donors (Lipinski definition) is 1. The van der Waals surface area contributed by atoms with E-state index in [4.69, 9.17) is 4.74 Å². The molecular formula is C25H25N3O4S. The lowest BCUT2D eigenvalue weighted by atomic mass is 10.2. The predicted octanol–water partition coefficient (Wildman–Crippen LogP) is 3.95. The third kappa shape index (κ3) is 5.38. The van der Waals surface area contributed by atoms with E-state index in [-0.39, 0.29) is 5.56 Å². The molecule has 0 spiro atoms. The van der Waals surface area contributed by atoms with Crippen molar-refractivity contribution in [3.05, 3.63) is 82.5 Å². The number of rotatable bonds is 8. The summed E-state index contributed by atoms with van der Waals surface area (Å²) in [6.45, 7) is 5.41. The van der Waals surface area contributed by atoms with Gasteiger partial charge in [-0.05, 0) is 37.1 Å². The van der Waals surface area contributed by atoms with E-state index in [1.54, 1.807) is 25.1 Å². The molecule has 1 aromatic heterocycles. The number of amides is 1. The minimum Gasteiger partial charge on any atom is -0.452 e. The zero-order chi connectivity index (χ0) is 24.0. The first-order valence-corrected chi connectivity index (χ1v) is 11.8. The van der Waals surface area contributed by atoms with Crippen LogP contribution in [0.5, 0.6) is 0 Å². The Morgan fingerprint density at radius 2 is 1.76 bits per heavy atom. The second-order valence-electron chi connectivity index (χ2n) is 7.37. The second kappa shape index (κ2) is 10.7. The Labute approximate surface area is 195 Å². The number of nitriles is 1. The SMILES string of the molecule is CC[S@@](=O)c1ccccc1C(=O)OCC(=O)Nc1c(C#N)c(C)c(C)n1Cc1ccccc1. The third-order valence-electron chi connectivity index (χ3n) is 5.33. The standard InChI is InChI=1S/C25H25N3O4S/c1-4-33(31)22-13-9-8-12-20(22)25(30)32-16-23(29)27-24-21(14-26)17(2)18(3)28(24)15-19-10-6-5-7-11-19/h5-13H,4,15-16H2,1-3H3,(H,27,29)/t33-/m1/s1. The molecule has 0 fully saturated rings. The number of carbonyl (C=O) groups excluding carboxylic acids is 2. The van der Waals surface area contributed by atoms with Crippen LogP contribution in [0, 0.1) is 25.2 Å². The number of carbonyl (C=O) groups is 2. The molecule has 0 bridgehead atoms. The van der Waals surface area contributed by atoms with E-state index < -0.39 is 29.3 Å². The van der Waals surface area contributed by atoms with Crippen LogP contribution in [0.1, 0.15) is 39.7 Å². The van der Waals surface area contributed by atoms with Crippen molar-refractivity contribution >= 4 is 28.5 Å². The summed E-state index contributed by atoms with van der Waals surface area (Å²) in [5.41, 5.74) is 3.19. The molecule has 3 rings (SSSR count). The average Bonchev–Trinajstić information content (AvgIpc) is 3.06. The lowest BCUT2D eigenvalue weighted by molar-refractivity contribution is -0.119. The Balaban J connectivity index is 1.77. The van der Waals surface area contributed by atoms with Crippen LogP contribution in [0.15, 0.2) is 59.5 Å². The minimum atomic E-state index is -1.34. The van der Waals surface area contributed by atoms with Crippen LogP contribution in [0.2, 0.25) is 0 Å². The molecule has 7 nitrogen and oxygen atoms in total. The molecule has 1 heterocycles. The minimum absolute atomic E-state index is 0.169. The molecule has 0 saturated carbocycles. The van der Waals surface area contributed by atoms with Crippen molar-refractivity contribution in [2.45, 2.75) is 32.2 Å². The summed E-state index contributed by atoms with van der Waals surface area (Å²) in [4.78, 5) is 25.6. The number of nitrogens with zero attached hydrogens (tertiary/aromatic N) is 2. The highest BCUT2D eigenvalue weighted by atomic mass is 32.2. The molecule has 8 heteroatoms. The van der Waals surface area contributed by atoms with Crippen molar-refractivity contribution < 1.29 is 18.5 Å². The van der Waals surface area contributed by atoms with Gasteiger partial charge in [0.2, 0.25) is 0 Å². The van der Waals surface area contributed by atoms with Crippen LogP contribution in [-0.2, 0) is 26.9 Å². The smallest absolute Gasteiger partial charge is 0.339 e. The lowest BCUT2D eigenvalue weighted by Gasteiger charge is -2.14. The van der Waals surface area contributed by atoms with Crippen LogP contribution in [-0.4, -0.2) is 33.0 Å². The van der Waals surface area contributed by atoms with E-state index in [0.717, 1.165) is 16.8 Å². The number of nitrogens with one attached hydrogen (secondary N) is 1. The molecule has 0 aliphatic rings. The molecule has 3 aromatic rings. The van der Waals surface area contributed by atoms with Gasteiger partial charge in [-0.2, -0.15) is 5.26 Å². The van der Waals surface area contributed by atoms with Gasteiger partial charge in [0.05, 0.1) is 26.8 Å². The Hall–Kier alpha value is -3.70. The van der Waals surface area contributed by atoms with Crippen molar-refractivity contribution in [1.82, 2.24) is 4.57 Å². The number of anilines is 1. The fraction of sp³-hybridized carbons (Fsp3) is 0.240. The summed E-state index contributed by atoms with van der Waals surface area (Å²) in [7, 11) is -1.34. The third-order valence-corrected chi connectivity index (χ3v) is 6.70. The van der Waals surface area contributed by atoms with Gasteiger partial charge in [0, 0.05) is 18.0 Å². The van der Waals surface area contributed by atoms with E-state index in [2.05, 4.69) is 11.4 Å². The van der Waals surface area contributed by atoms with Gasteiger partial charge in [0.15, 0.2) is 6.61 Å². The second-order valence-corrected chi connectivity index (χ2v) is 9.08. The maximum Gasteiger partial charge on any atom is 0.339 e. The Kier molecular flexibility index (Phi) is 7.80. The van der Waals surface area contributed by atoms with Crippen molar-refractivity contribution in [1.29, 1.82) is 5.26 Å². The Morgan fingerprint density at radius 1 is 1.09 bits per heavy atom. The quantitative estimate of drug-likeness (QED) is 0.510. The molecule has 170 valence electrons. The first-order valence-electron chi connectivity index (χ1n) is 10.4. The van der Waals surface area contributed by atoms with Crippen LogP contribution in [0.3, 0.4) is 0 Å². The molecule has 0 radical (unpaired) electrons. The van der Waals surface area contributed by atoms with Gasteiger partial charge in [-0.25, -0.2) is 4.79 Å². The highest BCUT2D eigenvalue weighted by molar-refractivity contribution is 7.85. The van der Waals surface area contributed by atoms with Crippen LogP contribution < -0.4 is 5.32 Å². The van der Waals surface area contributed by atoms with E-state index >= 15 is 0 Å². The highest BCUT2D eigenvalue weighted by Crippen LogP contribution is 2.27. The van der Waals surface area contributed by atoms with Crippen molar-refractivity contribution in [2.75, 3.05) is 17.7 Å². The van der Waals surface area contributed by atoms with Crippen LogP contribution in [0.4, 0.5) is 5.82 Å². The van der Waals surface area contributed by atoms with E-state index in [1.165, 1.54) is 6.07 Å². The monoisotopic (exact) mass is 463 g/mol. The molecule has 1 N–H and O–H groups in total. The van der Waals surface area contributed by atoms with Crippen LogP contribution in [0.25, 0.3) is 0 Å². The molecule has 1 atom stereocenters. The van der Waals surface area contributed by atoms with Crippen molar-refractivity contribution in [3.63, 3.8) is 0 Å². The van der Waals surface area contributed by atoms with E-state index in [9.17, 15) is 19.1 Å². The van der Waals surface area contributed by atoms with Gasteiger partial charge in [-0.3, -0.25) is 9.00 Å². The molecule has 0 saturated heterocycles. The summed E-state index contributed by atoms with van der Waals surface area (Å²) in [5, 5.41) is 12.4. The number of hydrogen-bond acceptors (Lipinski definition) is 5. The zero-order valence-electron chi connectivity index (χ0n) is 18.8. The van der Waals surface area contributed by atoms with Gasteiger partial charge in [0.25, 0.3) is 5.91 Å². The molecule has 2 aromatic carbocycles. The molecule has 33 heavy (non-hydrogen) atoms. The number of aromatic nitrogens is 1. The predicted molar refractivity (Wildman–Crippen MR) is 126 cm³/mol. The summed E-state index contributed by atoms with van der Waals surface area (Å²) >= 11 is 0. The van der Waals surface area contributed by atoms with Gasteiger partial charge < -0.3 is 14.6 Å². The highest BCUT2D eigenvalue weighted by Gasteiger charge is 2.21. The fourth-order valence-corrected chi connectivity index (χ4v) is 4.40. The first-order chi connectivity index (χ1) is 15.9. The number of benzene rings is 2. The molecule has 0 aliphatic carbocycles. The number of esters is 1. The maximum absolute atomic E-state index is 12.6. The average molecular weight is 464 g/mol. The van der Waals surface area contributed by atoms with Gasteiger partial charge in [-0.1, -0.05) is 49.4 Å². The largest absolute Gasteiger partial charge is 0.452 e. The first kappa shape index (κ1) is 24.0. The summed E-state index contributed by atoms with van der Waals surface area (Å²) in [6, 6.07) is 18.3. The normalized spacial score (nSPS) is 11.5. The molecule has 0 unspecified atom stereocenters. The van der Waals surface area contributed by atoms with Crippen molar-refractivity contribution in [3.8, 4) is 6.07 Å². The number of ether oxygens (including phenoxy) is 1. The van der Waals surface area contributed by atoms with E-state index in [0.29, 0.717) is 28.6 Å². The van der Waals surface area contributed by atoms with Gasteiger partial charge in [-0.15, -0.1) is 0 Å². The Bertz CT molecular complexity index is 1240. The maximum atomic E-state index is 12.6. The molecule has 1 amide bonds.